The number of aromatic carboxylic acids is 1. The first kappa shape index (κ1) is 24.9. The minimum absolute atomic E-state index is 0.188. The van der Waals surface area contributed by atoms with Gasteiger partial charge in [0.05, 0.1) is 32.4 Å². The quantitative estimate of drug-likeness (QED) is 0.559. The number of piperidine rings is 1. The first-order chi connectivity index (χ1) is 16.9. The average molecular weight is 487 g/mol. The number of rotatable bonds is 9. The van der Waals surface area contributed by atoms with Crippen LogP contribution >= 0.6 is 0 Å². The van der Waals surface area contributed by atoms with Crippen molar-refractivity contribution in [1.29, 1.82) is 0 Å². The normalized spacial score (nSPS) is 22.1. The molecule has 0 saturated carbocycles. The zero-order chi connectivity index (χ0) is 25.0. The Bertz CT molecular complexity index is 993. The van der Waals surface area contributed by atoms with Crippen molar-refractivity contribution in [3.05, 3.63) is 53.2 Å². The SMILES string of the molecule is CCOC1=CC(CN2CCC3(CC2)CN(c2ccc(C(=O)O)cc2)C(=O)O3)CC(OCC)=C1OC. The average Bonchev–Trinajstić information content (AvgIpc) is 3.17. The third kappa shape index (κ3) is 5.40. The van der Waals surface area contributed by atoms with Crippen molar-refractivity contribution in [2.75, 3.05) is 51.4 Å². The Hall–Kier alpha value is -3.20. The summed E-state index contributed by atoms with van der Waals surface area (Å²) in [6, 6.07) is 6.32. The van der Waals surface area contributed by atoms with Gasteiger partial charge in [0.25, 0.3) is 0 Å². The summed E-state index contributed by atoms with van der Waals surface area (Å²) in [4.78, 5) is 27.8. The van der Waals surface area contributed by atoms with Crippen LogP contribution in [0.25, 0.3) is 0 Å². The molecule has 1 aliphatic carbocycles. The molecular formula is C26H34N2O7. The number of methoxy groups -OCH3 is 1. The summed E-state index contributed by atoms with van der Waals surface area (Å²) in [6.45, 7) is 8.00. The maximum Gasteiger partial charge on any atom is 0.415 e. The van der Waals surface area contributed by atoms with Crippen molar-refractivity contribution in [3.63, 3.8) is 0 Å². The zero-order valence-electron chi connectivity index (χ0n) is 20.6. The molecule has 2 heterocycles. The fraction of sp³-hybridized carbons (Fsp3) is 0.538. The van der Waals surface area contributed by atoms with E-state index < -0.39 is 11.6 Å². The van der Waals surface area contributed by atoms with Gasteiger partial charge in [0.15, 0.2) is 11.5 Å². The molecule has 1 N–H and O–H groups in total. The first-order valence-corrected chi connectivity index (χ1v) is 12.2. The van der Waals surface area contributed by atoms with Crippen molar-refractivity contribution in [2.45, 2.75) is 38.7 Å². The molecule has 1 spiro atoms. The second-order valence-corrected chi connectivity index (χ2v) is 9.11. The fourth-order valence-corrected chi connectivity index (χ4v) is 5.06. The smallest absolute Gasteiger partial charge is 0.415 e. The van der Waals surface area contributed by atoms with Gasteiger partial charge in [0, 0.05) is 50.5 Å². The van der Waals surface area contributed by atoms with Gasteiger partial charge >= 0.3 is 12.1 Å². The lowest BCUT2D eigenvalue weighted by atomic mass is 9.89. The zero-order valence-corrected chi connectivity index (χ0v) is 20.6. The Kier molecular flexibility index (Phi) is 7.54. The number of carboxylic acid groups (broad SMARTS) is 1. The number of amides is 1. The van der Waals surface area contributed by atoms with Gasteiger partial charge in [-0.05, 0) is 44.2 Å². The lowest BCUT2D eigenvalue weighted by Gasteiger charge is -2.39. The third-order valence-corrected chi connectivity index (χ3v) is 6.79. The van der Waals surface area contributed by atoms with Crippen LogP contribution < -0.4 is 4.90 Å². The summed E-state index contributed by atoms with van der Waals surface area (Å²) in [5.41, 5.74) is 0.324. The second kappa shape index (κ2) is 10.6. The molecule has 190 valence electrons. The molecule has 1 aromatic rings. The molecule has 35 heavy (non-hydrogen) atoms. The summed E-state index contributed by atoms with van der Waals surface area (Å²) in [6.07, 6.45) is 4.00. The van der Waals surface area contributed by atoms with E-state index >= 15 is 0 Å². The molecule has 9 heteroatoms. The maximum absolute atomic E-state index is 12.6. The number of carbonyl (C=O) groups excluding carboxylic acids is 1. The Morgan fingerprint density at radius 2 is 1.83 bits per heavy atom. The highest BCUT2D eigenvalue weighted by Crippen LogP contribution is 2.37. The van der Waals surface area contributed by atoms with Crippen LogP contribution in [0.1, 0.15) is 43.5 Å². The lowest BCUT2D eigenvalue weighted by Crippen LogP contribution is -2.48. The van der Waals surface area contributed by atoms with Crippen LogP contribution in [0.4, 0.5) is 10.5 Å². The van der Waals surface area contributed by atoms with Crippen molar-refractivity contribution < 1.29 is 33.6 Å². The van der Waals surface area contributed by atoms with Crippen molar-refractivity contribution in [3.8, 4) is 0 Å². The Balaban J connectivity index is 1.37. The van der Waals surface area contributed by atoms with E-state index in [0.29, 0.717) is 31.2 Å². The first-order valence-electron chi connectivity index (χ1n) is 12.2. The maximum atomic E-state index is 12.6. The van der Waals surface area contributed by atoms with Gasteiger partial charge in [0.1, 0.15) is 11.4 Å². The van der Waals surface area contributed by atoms with Crippen LogP contribution in [0.2, 0.25) is 0 Å². The molecule has 9 nitrogen and oxygen atoms in total. The molecule has 1 aromatic carbocycles. The Morgan fingerprint density at radius 1 is 1.14 bits per heavy atom. The molecule has 0 bridgehead atoms. The number of benzene rings is 1. The monoisotopic (exact) mass is 486 g/mol. The molecule has 0 aromatic heterocycles. The van der Waals surface area contributed by atoms with E-state index in [4.69, 9.17) is 24.1 Å². The minimum atomic E-state index is -0.993. The van der Waals surface area contributed by atoms with E-state index in [0.717, 1.165) is 50.4 Å². The van der Waals surface area contributed by atoms with E-state index in [1.165, 1.54) is 12.1 Å². The van der Waals surface area contributed by atoms with Gasteiger partial charge in [-0.15, -0.1) is 0 Å². The highest BCUT2D eigenvalue weighted by atomic mass is 16.6. The molecule has 2 aliphatic heterocycles. The molecular weight excluding hydrogens is 452 g/mol. The largest absolute Gasteiger partial charge is 0.494 e. The van der Waals surface area contributed by atoms with E-state index in [2.05, 4.69) is 11.0 Å². The number of carboxylic acids is 1. The van der Waals surface area contributed by atoms with Crippen LogP contribution in [-0.4, -0.2) is 74.2 Å². The summed E-state index contributed by atoms with van der Waals surface area (Å²) < 4.78 is 23.1. The van der Waals surface area contributed by atoms with Gasteiger partial charge < -0.3 is 29.0 Å². The summed E-state index contributed by atoms with van der Waals surface area (Å²) in [5, 5.41) is 9.11. The number of allylic oxidation sites excluding steroid dienone is 1. The number of nitrogens with zero attached hydrogens (tertiary/aromatic N) is 2. The van der Waals surface area contributed by atoms with Crippen LogP contribution in [-0.2, 0) is 18.9 Å². The number of anilines is 1. The molecule has 2 saturated heterocycles. The van der Waals surface area contributed by atoms with Crippen molar-refractivity contribution in [2.24, 2.45) is 5.92 Å². The number of hydrogen-bond acceptors (Lipinski definition) is 7. The van der Waals surface area contributed by atoms with Gasteiger partial charge in [-0.2, -0.15) is 0 Å². The molecule has 4 rings (SSSR count). The summed E-state index contributed by atoms with van der Waals surface area (Å²) in [5.74, 6) is 1.48. The number of likely N-dealkylation sites (tertiary alicyclic amines) is 1. The molecule has 3 aliphatic rings. The van der Waals surface area contributed by atoms with Crippen LogP contribution in [0.15, 0.2) is 47.6 Å². The van der Waals surface area contributed by atoms with E-state index in [1.54, 1.807) is 24.1 Å². The lowest BCUT2D eigenvalue weighted by molar-refractivity contribution is -0.00194. The molecule has 0 radical (unpaired) electrons. The second-order valence-electron chi connectivity index (χ2n) is 9.11. The Labute approximate surface area is 205 Å². The summed E-state index contributed by atoms with van der Waals surface area (Å²) >= 11 is 0. The molecule has 1 atom stereocenters. The van der Waals surface area contributed by atoms with Crippen LogP contribution in [0.3, 0.4) is 0 Å². The number of ether oxygens (including phenoxy) is 4. The fourth-order valence-electron chi connectivity index (χ4n) is 5.06. The van der Waals surface area contributed by atoms with E-state index in [-0.39, 0.29) is 17.6 Å². The van der Waals surface area contributed by atoms with Gasteiger partial charge in [-0.1, -0.05) is 0 Å². The van der Waals surface area contributed by atoms with Gasteiger partial charge in [0.2, 0.25) is 0 Å². The Morgan fingerprint density at radius 3 is 2.43 bits per heavy atom. The highest BCUT2D eigenvalue weighted by Gasteiger charge is 2.47. The van der Waals surface area contributed by atoms with Crippen molar-refractivity contribution >= 4 is 17.7 Å². The standard InChI is InChI=1S/C26H34N2O7/c1-4-33-21-14-18(15-22(34-5-2)23(21)32-3)16-27-12-10-26(11-13-27)17-28(25(31)35-26)20-8-6-19(7-9-20)24(29)30/h6-9,14,18H,4-5,10-13,15-17H2,1-3H3,(H,29,30). The number of carbonyl (C=O) groups is 2. The predicted octanol–water partition coefficient (Wildman–Crippen LogP) is 4.01. The van der Waals surface area contributed by atoms with E-state index in [9.17, 15) is 9.59 Å². The topological polar surface area (TPSA) is 97.8 Å². The highest BCUT2D eigenvalue weighted by molar-refractivity contribution is 5.92. The van der Waals surface area contributed by atoms with E-state index in [1.807, 2.05) is 13.8 Å². The summed E-state index contributed by atoms with van der Waals surface area (Å²) in [7, 11) is 1.64. The number of hydrogen-bond donors (Lipinski definition) is 1. The molecule has 1 unspecified atom stereocenters. The molecule has 2 fully saturated rings. The molecule has 1 amide bonds. The van der Waals surface area contributed by atoms with Crippen LogP contribution in [0.5, 0.6) is 0 Å². The minimum Gasteiger partial charge on any atom is -0.494 e. The predicted molar refractivity (Wildman–Crippen MR) is 129 cm³/mol. The third-order valence-electron chi connectivity index (χ3n) is 6.79. The van der Waals surface area contributed by atoms with Gasteiger partial charge in [-0.25, -0.2) is 9.59 Å². The van der Waals surface area contributed by atoms with Crippen molar-refractivity contribution in [1.82, 2.24) is 4.90 Å². The van der Waals surface area contributed by atoms with Crippen LogP contribution in [0, 0.1) is 5.92 Å². The van der Waals surface area contributed by atoms with Gasteiger partial charge in [-0.3, -0.25) is 4.90 Å².